The van der Waals surface area contributed by atoms with E-state index >= 15 is 0 Å². The fourth-order valence-electron chi connectivity index (χ4n) is 2.74. The topological polar surface area (TPSA) is 70.7 Å². The highest BCUT2D eigenvalue weighted by atomic mass is 35.5. The molecule has 0 aliphatic carbocycles. The van der Waals surface area contributed by atoms with Gasteiger partial charge < -0.3 is 11.1 Å². The number of nitrogens with two attached hydrogens (primary N) is 1. The Morgan fingerprint density at radius 2 is 1.96 bits per heavy atom. The van der Waals surface area contributed by atoms with Crippen molar-refractivity contribution >= 4 is 35.1 Å². The molecule has 0 radical (unpaired) electrons. The predicted octanol–water partition coefficient (Wildman–Crippen LogP) is 4.47. The van der Waals surface area contributed by atoms with Crippen LogP contribution in [0.25, 0.3) is 6.08 Å². The number of nitrogens with zero attached hydrogens (tertiary/aromatic N) is 2. The lowest BCUT2D eigenvalue weighted by Crippen LogP contribution is -2.36. The number of hydrogen-bond donors (Lipinski definition) is 2. The number of urea groups is 1. The number of nitrogen functional groups attached to an aromatic ring is 1. The molecule has 6 heteroatoms. The van der Waals surface area contributed by atoms with Crippen LogP contribution in [0.4, 0.5) is 10.5 Å². The maximum Gasteiger partial charge on any atom is 0.342 e. The number of carbonyl (C=O) groups excluding carboxylic acids is 1. The van der Waals surface area contributed by atoms with Gasteiger partial charge in [0.2, 0.25) is 0 Å². The third-order valence-electron chi connectivity index (χ3n) is 4.07. The van der Waals surface area contributed by atoms with Gasteiger partial charge in [0, 0.05) is 34.1 Å². The van der Waals surface area contributed by atoms with Crippen LogP contribution in [0.15, 0.2) is 53.3 Å². The first-order valence-electron chi connectivity index (χ1n) is 8.50. The Bertz CT molecular complexity index is 887. The zero-order valence-corrected chi connectivity index (χ0v) is 15.5. The summed E-state index contributed by atoms with van der Waals surface area (Å²) >= 11 is 6.22. The largest absolute Gasteiger partial charge is 0.399 e. The number of halogens is 1. The van der Waals surface area contributed by atoms with Gasteiger partial charge in [0.25, 0.3) is 0 Å². The SMILES string of the molecule is CCCNC(=O)N1N=C(c2ccc(N)cc2)c2cc(Cl)ccc2C=C1C. The summed E-state index contributed by atoms with van der Waals surface area (Å²) in [6.45, 7) is 4.46. The van der Waals surface area contributed by atoms with Crippen LogP contribution in [0.2, 0.25) is 5.02 Å². The molecule has 26 heavy (non-hydrogen) atoms. The molecule has 3 rings (SSSR count). The summed E-state index contributed by atoms with van der Waals surface area (Å²) in [5, 5.41) is 9.55. The lowest BCUT2D eigenvalue weighted by molar-refractivity contribution is 0.213. The summed E-state index contributed by atoms with van der Waals surface area (Å²) in [6.07, 6.45) is 2.79. The normalized spacial score (nSPS) is 13.4. The van der Waals surface area contributed by atoms with Gasteiger partial charge in [0.1, 0.15) is 0 Å². The number of nitrogens with one attached hydrogen (secondary N) is 1. The van der Waals surface area contributed by atoms with E-state index < -0.39 is 0 Å². The highest BCUT2D eigenvalue weighted by Crippen LogP contribution is 2.27. The Morgan fingerprint density at radius 3 is 2.65 bits per heavy atom. The highest BCUT2D eigenvalue weighted by molar-refractivity contribution is 6.31. The van der Waals surface area contributed by atoms with E-state index in [1.54, 1.807) is 0 Å². The van der Waals surface area contributed by atoms with E-state index in [-0.39, 0.29) is 6.03 Å². The monoisotopic (exact) mass is 368 g/mol. The minimum atomic E-state index is -0.257. The Labute approximate surface area is 158 Å². The van der Waals surface area contributed by atoms with Crippen molar-refractivity contribution in [3.8, 4) is 0 Å². The lowest BCUT2D eigenvalue weighted by atomic mass is 9.97. The van der Waals surface area contributed by atoms with Crippen LogP contribution in [-0.2, 0) is 0 Å². The molecule has 0 aromatic heterocycles. The van der Waals surface area contributed by atoms with Gasteiger partial charge in [0.15, 0.2) is 0 Å². The molecule has 0 atom stereocenters. The van der Waals surface area contributed by atoms with Crippen molar-refractivity contribution in [3.63, 3.8) is 0 Å². The van der Waals surface area contributed by atoms with Gasteiger partial charge in [-0.2, -0.15) is 10.1 Å². The number of fused-ring (bicyclic) bond motifs is 1. The molecule has 1 aliphatic heterocycles. The summed E-state index contributed by atoms with van der Waals surface area (Å²) in [5.41, 5.74) is 10.6. The summed E-state index contributed by atoms with van der Waals surface area (Å²) in [4.78, 5) is 12.6. The van der Waals surface area contributed by atoms with Crippen LogP contribution < -0.4 is 11.1 Å². The minimum absolute atomic E-state index is 0.257. The Balaban J connectivity index is 2.15. The number of anilines is 1. The van der Waals surface area contributed by atoms with Gasteiger partial charge in [-0.05, 0) is 49.2 Å². The van der Waals surface area contributed by atoms with Crippen molar-refractivity contribution in [2.75, 3.05) is 12.3 Å². The van der Waals surface area contributed by atoms with Gasteiger partial charge in [-0.1, -0.05) is 36.7 Å². The van der Waals surface area contributed by atoms with Gasteiger partial charge in [0.05, 0.1) is 5.71 Å². The van der Waals surface area contributed by atoms with E-state index in [0.29, 0.717) is 23.0 Å². The molecule has 0 unspecified atom stereocenters. The van der Waals surface area contributed by atoms with Gasteiger partial charge in [-0.3, -0.25) is 0 Å². The molecule has 5 nitrogen and oxygen atoms in total. The van der Waals surface area contributed by atoms with Crippen LogP contribution in [-0.4, -0.2) is 23.3 Å². The predicted molar refractivity (Wildman–Crippen MR) is 107 cm³/mol. The van der Waals surface area contributed by atoms with Crippen molar-refractivity contribution < 1.29 is 4.79 Å². The first kappa shape index (κ1) is 18.0. The molecule has 0 fully saturated rings. The Kier molecular flexibility index (Phi) is 5.28. The number of benzene rings is 2. The second kappa shape index (κ2) is 7.62. The number of amides is 2. The Hall–Kier alpha value is -2.79. The standard InChI is InChI=1S/C20H21ClN4O/c1-3-10-23-20(26)25-13(2)11-15-4-7-16(21)12-18(15)19(24-25)14-5-8-17(22)9-6-14/h4-9,11-12H,3,10,22H2,1-2H3,(H,23,26). The van der Waals surface area contributed by atoms with Crippen molar-refractivity contribution in [1.82, 2.24) is 10.3 Å². The fraction of sp³-hybridized carbons (Fsp3) is 0.200. The molecular weight excluding hydrogens is 348 g/mol. The molecule has 2 amide bonds. The van der Waals surface area contributed by atoms with E-state index in [2.05, 4.69) is 10.4 Å². The number of hydrazone groups is 1. The fourth-order valence-corrected chi connectivity index (χ4v) is 2.92. The van der Waals surface area contributed by atoms with E-state index in [0.717, 1.165) is 28.8 Å². The third-order valence-corrected chi connectivity index (χ3v) is 4.31. The molecule has 0 spiro atoms. The van der Waals surface area contributed by atoms with Crippen molar-refractivity contribution in [2.24, 2.45) is 5.10 Å². The van der Waals surface area contributed by atoms with Crippen molar-refractivity contribution in [1.29, 1.82) is 0 Å². The maximum absolute atomic E-state index is 12.6. The molecular formula is C20H21ClN4O. The minimum Gasteiger partial charge on any atom is -0.399 e. The number of carbonyl (C=O) groups is 1. The number of hydrogen-bond acceptors (Lipinski definition) is 3. The summed E-state index contributed by atoms with van der Waals surface area (Å²) in [7, 11) is 0. The van der Waals surface area contributed by atoms with Gasteiger partial charge in [-0.25, -0.2) is 4.79 Å². The van der Waals surface area contributed by atoms with E-state index in [9.17, 15) is 4.79 Å². The number of allylic oxidation sites excluding steroid dienone is 1. The molecule has 0 saturated heterocycles. The summed E-state index contributed by atoms with van der Waals surface area (Å²) < 4.78 is 0. The van der Waals surface area contributed by atoms with Crippen LogP contribution in [0.3, 0.4) is 0 Å². The molecule has 134 valence electrons. The zero-order valence-electron chi connectivity index (χ0n) is 14.8. The zero-order chi connectivity index (χ0) is 18.7. The summed E-state index contributed by atoms with van der Waals surface area (Å²) in [6, 6.07) is 12.8. The molecule has 1 heterocycles. The van der Waals surface area contributed by atoms with E-state index in [1.165, 1.54) is 5.01 Å². The van der Waals surface area contributed by atoms with Crippen LogP contribution in [0.5, 0.6) is 0 Å². The summed E-state index contributed by atoms with van der Waals surface area (Å²) in [5.74, 6) is 0. The average molecular weight is 369 g/mol. The number of rotatable bonds is 3. The van der Waals surface area contributed by atoms with Gasteiger partial charge in [-0.15, -0.1) is 0 Å². The van der Waals surface area contributed by atoms with E-state index in [1.807, 2.05) is 62.4 Å². The molecule has 2 aromatic rings. The third kappa shape index (κ3) is 3.73. The van der Waals surface area contributed by atoms with Crippen LogP contribution >= 0.6 is 11.6 Å². The van der Waals surface area contributed by atoms with Gasteiger partial charge >= 0.3 is 6.03 Å². The molecule has 0 saturated carbocycles. The van der Waals surface area contributed by atoms with Crippen molar-refractivity contribution in [3.05, 3.63) is 69.9 Å². The first-order chi connectivity index (χ1) is 12.5. The van der Waals surface area contributed by atoms with Crippen LogP contribution in [0.1, 0.15) is 37.0 Å². The smallest absolute Gasteiger partial charge is 0.342 e. The second-order valence-electron chi connectivity index (χ2n) is 6.13. The van der Waals surface area contributed by atoms with Crippen molar-refractivity contribution in [2.45, 2.75) is 20.3 Å². The molecule has 0 bridgehead atoms. The maximum atomic E-state index is 12.6. The highest BCUT2D eigenvalue weighted by Gasteiger charge is 2.22. The van der Waals surface area contributed by atoms with E-state index in [4.69, 9.17) is 17.3 Å². The lowest BCUT2D eigenvalue weighted by Gasteiger charge is -2.18. The Morgan fingerprint density at radius 1 is 1.23 bits per heavy atom. The molecule has 3 N–H and O–H groups in total. The first-order valence-corrected chi connectivity index (χ1v) is 8.88. The van der Waals surface area contributed by atoms with Crippen LogP contribution in [0, 0.1) is 0 Å². The molecule has 1 aliphatic rings. The quantitative estimate of drug-likeness (QED) is 0.784. The second-order valence-corrected chi connectivity index (χ2v) is 6.57. The average Bonchev–Trinajstić information content (AvgIpc) is 2.76. The molecule has 2 aromatic carbocycles.